The molecule has 1 aromatic heterocycles. The zero-order valence-corrected chi connectivity index (χ0v) is 19.9. The van der Waals surface area contributed by atoms with E-state index in [-0.39, 0.29) is 17.6 Å². The first kappa shape index (κ1) is 23.1. The summed E-state index contributed by atoms with van der Waals surface area (Å²) in [6, 6.07) is 25.2. The van der Waals surface area contributed by atoms with Gasteiger partial charge in [0.05, 0.1) is 17.6 Å². The third-order valence-corrected chi connectivity index (χ3v) is 6.80. The average Bonchev–Trinajstić information content (AvgIpc) is 3.25. The second-order valence-corrected chi connectivity index (χ2v) is 9.26. The van der Waals surface area contributed by atoms with Gasteiger partial charge in [-0.1, -0.05) is 54.6 Å². The lowest BCUT2D eigenvalue weighted by Crippen LogP contribution is -2.41. The van der Waals surface area contributed by atoms with Gasteiger partial charge in [0, 0.05) is 25.6 Å². The largest absolute Gasteiger partial charge is 0.356 e. The topological polar surface area (TPSA) is 50.2 Å². The van der Waals surface area contributed by atoms with Crippen molar-refractivity contribution in [3.63, 3.8) is 0 Å². The van der Waals surface area contributed by atoms with Crippen LogP contribution < -0.4 is 10.2 Å². The number of hydrogen-bond donors (Lipinski definition) is 1. The van der Waals surface area contributed by atoms with E-state index in [1.54, 1.807) is 12.1 Å². The maximum Gasteiger partial charge on any atom is 0.223 e. The summed E-state index contributed by atoms with van der Waals surface area (Å²) in [5.41, 5.74) is 4.16. The minimum absolute atomic E-state index is 0.0315. The van der Waals surface area contributed by atoms with Gasteiger partial charge in [-0.2, -0.15) is 0 Å². The molecule has 1 aliphatic heterocycles. The molecular formula is C29H31FN4O. The van der Waals surface area contributed by atoms with Gasteiger partial charge in [0.1, 0.15) is 5.82 Å². The number of halogens is 1. The molecule has 3 aromatic carbocycles. The van der Waals surface area contributed by atoms with Crippen LogP contribution in [0.3, 0.4) is 0 Å². The third kappa shape index (κ3) is 5.53. The van der Waals surface area contributed by atoms with E-state index in [9.17, 15) is 9.18 Å². The van der Waals surface area contributed by atoms with E-state index in [1.165, 1.54) is 11.6 Å². The first-order valence-electron chi connectivity index (χ1n) is 12.4. The van der Waals surface area contributed by atoms with Crippen LogP contribution in [0, 0.1) is 11.7 Å². The number of piperidine rings is 1. The number of carbonyl (C=O) groups excluding carboxylic acids is 1. The number of aryl methyl sites for hydroxylation is 1. The molecule has 6 heteroatoms. The molecule has 1 saturated heterocycles. The van der Waals surface area contributed by atoms with E-state index in [4.69, 9.17) is 4.98 Å². The highest BCUT2D eigenvalue weighted by molar-refractivity contribution is 5.80. The lowest BCUT2D eigenvalue weighted by molar-refractivity contribution is -0.125. The number of benzene rings is 3. The lowest BCUT2D eigenvalue weighted by atomic mass is 9.96. The fraction of sp³-hybridized carbons (Fsp3) is 0.310. The number of fused-ring (bicyclic) bond motifs is 1. The maximum atomic E-state index is 13.8. The Kier molecular flexibility index (Phi) is 7.07. The van der Waals surface area contributed by atoms with Gasteiger partial charge in [0.2, 0.25) is 11.9 Å². The van der Waals surface area contributed by atoms with Gasteiger partial charge in [-0.15, -0.1) is 0 Å². The summed E-state index contributed by atoms with van der Waals surface area (Å²) in [5, 5.41) is 3.13. The zero-order chi connectivity index (χ0) is 24.0. The minimum atomic E-state index is -0.232. The molecular weight excluding hydrogens is 439 g/mol. The fourth-order valence-corrected chi connectivity index (χ4v) is 4.91. The molecule has 0 unspecified atom stereocenters. The van der Waals surface area contributed by atoms with Crippen molar-refractivity contribution in [2.75, 3.05) is 24.5 Å². The van der Waals surface area contributed by atoms with Gasteiger partial charge >= 0.3 is 0 Å². The summed E-state index contributed by atoms with van der Waals surface area (Å²) in [4.78, 5) is 19.9. The maximum absolute atomic E-state index is 13.8. The number of anilines is 1. The number of aromatic nitrogens is 2. The summed E-state index contributed by atoms with van der Waals surface area (Å²) in [5.74, 6) is 0.844. The standard InChI is InChI=1S/C29H31FN4O/c30-25-12-6-10-23(20-25)21-34-27-14-5-4-13-26(27)32-29(34)33-18-15-24(16-19-33)28(35)31-17-7-11-22-8-2-1-3-9-22/h1-6,8-10,12-14,20,24H,7,11,15-19,21H2,(H,31,35). The smallest absolute Gasteiger partial charge is 0.223 e. The normalized spacial score (nSPS) is 14.4. The number of carbonyl (C=O) groups is 1. The van der Waals surface area contributed by atoms with Crippen molar-refractivity contribution in [3.8, 4) is 0 Å². The van der Waals surface area contributed by atoms with Gasteiger partial charge in [-0.05, 0) is 61.1 Å². The Labute approximate surface area is 205 Å². The molecule has 0 bridgehead atoms. The molecule has 35 heavy (non-hydrogen) atoms. The summed E-state index contributed by atoms with van der Waals surface area (Å²) in [7, 11) is 0. The van der Waals surface area contributed by atoms with E-state index in [2.05, 4.69) is 33.0 Å². The highest BCUT2D eigenvalue weighted by atomic mass is 19.1. The predicted octanol–water partition coefficient (Wildman–Crippen LogP) is 5.19. The molecule has 1 amide bonds. The number of nitrogens with one attached hydrogen (secondary N) is 1. The number of rotatable bonds is 8. The molecule has 4 aromatic rings. The van der Waals surface area contributed by atoms with Gasteiger partial charge in [0.15, 0.2) is 0 Å². The Bertz CT molecular complexity index is 1280. The second kappa shape index (κ2) is 10.7. The SMILES string of the molecule is O=C(NCCCc1ccccc1)C1CCN(c2nc3ccccc3n2Cc2cccc(F)c2)CC1. The van der Waals surface area contributed by atoms with E-state index >= 15 is 0 Å². The van der Waals surface area contributed by atoms with E-state index < -0.39 is 0 Å². The van der Waals surface area contributed by atoms with Crippen molar-refractivity contribution in [1.29, 1.82) is 0 Å². The molecule has 1 aliphatic rings. The molecule has 1 N–H and O–H groups in total. The monoisotopic (exact) mass is 470 g/mol. The van der Waals surface area contributed by atoms with Crippen molar-refractivity contribution >= 4 is 22.9 Å². The number of nitrogens with zero attached hydrogens (tertiary/aromatic N) is 3. The van der Waals surface area contributed by atoms with Crippen LogP contribution in [0.4, 0.5) is 10.3 Å². The summed E-state index contributed by atoms with van der Waals surface area (Å²) < 4.78 is 16.0. The van der Waals surface area contributed by atoms with Crippen molar-refractivity contribution in [1.82, 2.24) is 14.9 Å². The Hall–Kier alpha value is -3.67. The Morgan fingerprint density at radius 3 is 2.49 bits per heavy atom. The quantitative estimate of drug-likeness (QED) is 0.361. The third-order valence-electron chi connectivity index (χ3n) is 6.80. The van der Waals surface area contributed by atoms with Gasteiger partial charge < -0.3 is 14.8 Å². The molecule has 0 radical (unpaired) electrons. The average molecular weight is 471 g/mol. The van der Waals surface area contributed by atoms with E-state index in [0.717, 1.165) is 61.3 Å². The second-order valence-electron chi connectivity index (χ2n) is 9.26. The van der Waals surface area contributed by atoms with Gasteiger partial charge in [0.25, 0.3) is 0 Å². The minimum Gasteiger partial charge on any atom is -0.356 e. The van der Waals surface area contributed by atoms with E-state index in [0.29, 0.717) is 13.1 Å². The van der Waals surface area contributed by atoms with Crippen LogP contribution in [-0.2, 0) is 17.8 Å². The van der Waals surface area contributed by atoms with Crippen LogP contribution in [0.2, 0.25) is 0 Å². The van der Waals surface area contributed by atoms with Crippen molar-refractivity contribution < 1.29 is 9.18 Å². The van der Waals surface area contributed by atoms with Gasteiger partial charge in [-0.3, -0.25) is 4.79 Å². The summed E-state index contributed by atoms with van der Waals surface area (Å²) >= 11 is 0. The van der Waals surface area contributed by atoms with Crippen molar-refractivity contribution in [3.05, 3.63) is 95.8 Å². The van der Waals surface area contributed by atoms with Crippen LogP contribution in [0.5, 0.6) is 0 Å². The first-order valence-corrected chi connectivity index (χ1v) is 12.4. The lowest BCUT2D eigenvalue weighted by Gasteiger charge is -2.32. The van der Waals surface area contributed by atoms with Crippen LogP contribution in [-0.4, -0.2) is 35.1 Å². The van der Waals surface area contributed by atoms with Crippen molar-refractivity contribution in [2.24, 2.45) is 5.92 Å². The number of para-hydroxylation sites is 2. The van der Waals surface area contributed by atoms with Crippen LogP contribution in [0.15, 0.2) is 78.9 Å². The molecule has 2 heterocycles. The fourth-order valence-electron chi connectivity index (χ4n) is 4.91. The summed E-state index contributed by atoms with van der Waals surface area (Å²) in [6.07, 6.45) is 3.52. The molecule has 0 atom stereocenters. The molecule has 1 fully saturated rings. The molecule has 180 valence electrons. The number of amides is 1. The number of hydrogen-bond acceptors (Lipinski definition) is 3. The zero-order valence-electron chi connectivity index (χ0n) is 19.9. The first-order chi connectivity index (χ1) is 17.2. The highest BCUT2D eigenvalue weighted by Crippen LogP contribution is 2.28. The Morgan fingerprint density at radius 2 is 1.69 bits per heavy atom. The predicted molar refractivity (Wildman–Crippen MR) is 138 cm³/mol. The number of imidazole rings is 1. The molecule has 5 nitrogen and oxygen atoms in total. The Morgan fingerprint density at radius 1 is 0.943 bits per heavy atom. The molecule has 0 spiro atoms. The summed E-state index contributed by atoms with van der Waals surface area (Å²) in [6.45, 7) is 2.80. The van der Waals surface area contributed by atoms with Crippen LogP contribution >= 0.6 is 0 Å². The highest BCUT2D eigenvalue weighted by Gasteiger charge is 2.27. The molecule has 5 rings (SSSR count). The molecule has 0 aliphatic carbocycles. The van der Waals surface area contributed by atoms with E-state index in [1.807, 2.05) is 42.5 Å². The van der Waals surface area contributed by atoms with Gasteiger partial charge in [-0.25, -0.2) is 9.37 Å². The molecule has 0 saturated carbocycles. The van der Waals surface area contributed by atoms with Crippen LogP contribution in [0.25, 0.3) is 11.0 Å². The van der Waals surface area contributed by atoms with Crippen molar-refractivity contribution in [2.45, 2.75) is 32.2 Å². The Balaban J connectivity index is 1.21. The van der Waals surface area contributed by atoms with Crippen LogP contribution in [0.1, 0.15) is 30.4 Å².